The van der Waals surface area contributed by atoms with E-state index in [4.69, 9.17) is 5.26 Å². The van der Waals surface area contributed by atoms with Crippen molar-refractivity contribution in [1.82, 2.24) is 4.98 Å². The molecule has 1 aromatic rings. The first-order valence-electron chi connectivity index (χ1n) is 4.01. The average Bonchev–Trinajstić information content (AvgIpc) is 2.18. The Kier molecular flexibility index (Phi) is 3.42. The first-order valence-corrected chi connectivity index (χ1v) is 5.90. The fraction of sp³-hybridized carbons (Fsp3) is 0.111. The maximum atomic E-state index is 11.0. The number of sulfone groups is 1. The van der Waals surface area contributed by atoms with E-state index in [0.717, 1.165) is 12.5 Å². The minimum absolute atomic E-state index is 0.314. The second kappa shape index (κ2) is 4.57. The number of nitrogens with zero attached hydrogens (tertiary/aromatic N) is 2. The summed E-state index contributed by atoms with van der Waals surface area (Å²) < 4.78 is 22.1. The van der Waals surface area contributed by atoms with Gasteiger partial charge in [-0.15, -0.1) is 0 Å². The van der Waals surface area contributed by atoms with Gasteiger partial charge in [0, 0.05) is 18.7 Å². The van der Waals surface area contributed by atoms with Crippen molar-refractivity contribution in [2.24, 2.45) is 0 Å². The Hall–Kier alpha value is -1.87. The van der Waals surface area contributed by atoms with Crippen LogP contribution in [0.3, 0.4) is 0 Å². The van der Waals surface area contributed by atoms with Crippen LogP contribution in [0.1, 0.15) is 0 Å². The van der Waals surface area contributed by atoms with Crippen molar-refractivity contribution in [2.75, 3.05) is 11.6 Å². The van der Waals surface area contributed by atoms with Crippen LogP contribution in [-0.2, 0) is 9.84 Å². The molecule has 6 heteroatoms. The molecule has 0 spiro atoms. The van der Waals surface area contributed by atoms with Gasteiger partial charge in [-0.25, -0.2) is 8.42 Å². The summed E-state index contributed by atoms with van der Waals surface area (Å²) in [7, 11) is -3.47. The summed E-state index contributed by atoms with van der Waals surface area (Å²) in [6.07, 6.45) is 5.24. The molecule has 1 aromatic heterocycles. The molecule has 0 unspecified atom stereocenters. The van der Waals surface area contributed by atoms with Gasteiger partial charge in [-0.1, -0.05) is 0 Å². The largest absolute Gasteiger partial charge is 0.359 e. The van der Waals surface area contributed by atoms with Crippen LogP contribution in [0.25, 0.3) is 0 Å². The quantitative estimate of drug-likeness (QED) is 0.770. The lowest BCUT2D eigenvalue weighted by Crippen LogP contribution is -2.01. The molecule has 0 bridgehead atoms. The summed E-state index contributed by atoms with van der Waals surface area (Å²) in [5.41, 5.74) is 0.619. The molecule has 0 radical (unpaired) electrons. The smallest absolute Gasteiger partial charge is 0.187 e. The first-order chi connectivity index (χ1) is 7.04. The molecule has 0 aliphatic heterocycles. The van der Waals surface area contributed by atoms with E-state index in [1.165, 1.54) is 6.20 Å². The number of nitrogens with one attached hydrogen (secondary N) is 1. The fourth-order valence-electron chi connectivity index (χ4n) is 0.819. The van der Waals surface area contributed by atoms with Crippen LogP contribution in [-0.4, -0.2) is 19.7 Å². The second-order valence-corrected chi connectivity index (χ2v) is 4.76. The van der Waals surface area contributed by atoms with E-state index in [0.29, 0.717) is 5.69 Å². The van der Waals surface area contributed by atoms with E-state index < -0.39 is 9.84 Å². The van der Waals surface area contributed by atoms with Gasteiger partial charge in [0.25, 0.3) is 0 Å². The Morgan fingerprint density at radius 2 is 2.40 bits per heavy atom. The number of hydrogen-bond donors (Lipinski definition) is 1. The van der Waals surface area contributed by atoms with E-state index in [1.54, 1.807) is 24.4 Å². The fourth-order valence-corrected chi connectivity index (χ4v) is 1.26. The van der Waals surface area contributed by atoms with Crippen molar-refractivity contribution in [3.8, 4) is 6.07 Å². The monoisotopic (exact) mass is 223 g/mol. The van der Waals surface area contributed by atoms with Gasteiger partial charge in [-0.3, -0.25) is 4.98 Å². The van der Waals surface area contributed by atoms with Crippen molar-refractivity contribution < 1.29 is 8.42 Å². The lowest BCUT2D eigenvalue weighted by atomic mass is 10.4. The van der Waals surface area contributed by atoms with Crippen LogP contribution in [0, 0.1) is 11.3 Å². The van der Waals surface area contributed by atoms with Crippen LogP contribution >= 0.6 is 0 Å². The first kappa shape index (κ1) is 11.2. The number of aromatic nitrogens is 1. The molecule has 15 heavy (non-hydrogen) atoms. The van der Waals surface area contributed by atoms with Crippen molar-refractivity contribution in [2.45, 2.75) is 0 Å². The Bertz CT molecular complexity index is 500. The topological polar surface area (TPSA) is 82.8 Å². The number of allylic oxidation sites excluding steroid dienone is 1. The van der Waals surface area contributed by atoms with E-state index in [2.05, 4.69) is 10.3 Å². The molecule has 0 aliphatic rings. The molecule has 0 fully saturated rings. The molecule has 78 valence electrons. The lowest BCUT2D eigenvalue weighted by molar-refractivity contribution is 0.608. The van der Waals surface area contributed by atoms with Gasteiger partial charge in [0.1, 0.15) is 6.07 Å². The average molecular weight is 223 g/mol. The predicted octanol–water partition coefficient (Wildman–Crippen LogP) is 0.903. The number of hydrogen-bond acceptors (Lipinski definition) is 5. The van der Waals surface area contributed by atoms with Gasteiger partial charge >= 0.3 is 0 Å². The Balaban J connectivity index is 2.87. The summed E-state index contributed by atoms with van der Waals surface area (Å²) >= 11 is 0. The molecule has 1 N–H and O–H groups in total. The highest BCUT2D eigenvalue weighted by Crippen LogP contribution is 2.06. The zero-order chi connectivity index (χ0) is 11.3. The number of anilines is 1. The summed E-state index contributed by atoms with van der Waals surface area (Å²) in [4.78, 5) is 3.51. The minimum atomic E-state index is -3.47. The zero-order valence-corrected chi connectivity index (χ0v) is 8.82. The molecule has 1 rings (SSSR count). The molecule has 1 heterocycles. The Labute approximate surface area is 88.0 Å². The highest BCUT2D eigenvalue weighted by atomic mass is 32.2. The Morgan fingerprint density at radius 1 is 1.67 bits per heavy atom. The summed E-state index contributed by atoms with van der Waals surface area (Å²) in [6, 6.07) is 5.01. The predicted molar refractivity (Wildman–Crippen MR) is 56.4 cm³/mol. The molecule has 0 aromatic carbocycles. The molecular formula is C9H9N3O2S. The van der Waals surface area contributed by atoms with Crippen LogP contribution < -0.4 is 5.32 Å². The molecule has 5 nitrogen and oxygen atoms in total. The van der Waals surface area contributed by atoms with Crippen LogP contribution in [0.4, 0.5) is 5.69 Å². The van der Waals surface area contributed by atoms with Crippen molar-refractivity contribution in [3.05, 3.63) is 35.6 Å². The highest BCUT2D eigenvalue weighted by Gasteiger charge is 2.09. The van der Waals surface area contributed by atoms with Crippen molar-refractivity contribution in [3.63, 3.8) is 0 Å². The number of pyridine rings is 1. The van der Waals surface area contributed by atoms with E-state index >= 15 is 0 Å². The van der Waals surface area contributed by atoms with Gasteiger partial charge in [0.2, 0.25) is 0 Å². The van der Waals surface area contributed by atoms with Gasteiger partial charge in [0.15, 0.2) is 14.7 Å². The maximum Gasteiger partial charge on any atom is 0.187 e. The van der Waals surface area contributed by atoms with E-state index in [1.807, 2.05) is 0 Å². The third-order valence-corrected chi connectivity index (χ3v) is 2.55. The van der Waals surface area contributed by atoms with E-state index in [9.17, 15) is 8.42 Å². The molecule has 0 saturated heterocycles. The number of nitriles is 1. The molecular weight excluding hydrogens is 214 g/mol. The zero-order valence-electron chi connectivity index (χ0n) is 8.01. The summed E-state index contributed by atoms with van der Waals surface area (Å²) in [6.45, 7) is 0. The molecule has 0 atom stereocenters. The lowest BCUT2D eigenvalue weighted by Gasteiger charge is -1.99. The van der Waals surface area contributed by atoms with E-state index in [-0.39, 0.29) is 4.91 Å². The molecule has 0 saturated carbocycles. The van der Waals surface area contributed by atoms with Gasteiger partial charge in [-0.05, 0) is 12.1 Å². The highest BCUT2D eigenvalue weighted by molar-refractivity contribution is 7.94. The van der Waals surface area contributed by atoms with Crippen LogP contribution in [0.2, 0.25) is 0 Å². The summed E-state index contributed by atoms with van der Waals surface area (Å²) in [5, 5.41) is 11.3. The van der Waals surface area contributed by atoms with Crippen molar-refractivity contribution >= 4 is 15.5 Å². The maximum absolute atomic E-state index is 11.0. The normalized spacial score (nSPS) is 11.9. The molecule has 0 aliphatic carbocycles. The van der Waals surface area contributed by atoms with Crippen LogP contribution in [0.5, 0.6) is 0 Å². The Morgan fingerprint density at radius 3 is 2.87 bits per heavy atom. The van der Waals surface area contributed by atoms with Gasteiger partial charge < -0.3 is 5.32 Å². The third kappa shape index (κ3) is 3.40. The number of rotatable bonds is 3. The third-order valence-electron chi connectivity index (χ3n) is 1.54. The summed E-state index contributed by atoms with van der Waals surface area (Å²) in [5.74, 6) is 0. The SMILES string of the molecule is CS(=O)(=O)/C(C#N)=C/Nc1cccnc1. The molecule has 0 amide bonds. The van der Waals surface area contributed by atoms with Gasteiger partial charge in [-0.2, -0.15) is 5.26 Å². The minimum Gasteiger partial charge on any atom is -0.359 e. The standard InChI is InChI=1S/C9H9N3O2S/c1-15(13,14)9(5-10)7-12-8-3-2-4-11-6-8/h2-4,6-7,12H,1H3/b9-7+. The van der Waals surface area contributed by atoms with Crippen molar-refractivity contribution in [1.29, 1.82) is 5.26 Å². The second-order valence-electron chi connectivity index (χ2n) is 2.78. The van der Waals surface area contributed by atoms with Crippen LogP contribution in [0.15, 0.2) is 35.6 Å². The van der Waals surface area contributed by atoms with Gasteiger partial charge in [0.05, 0.1) is 11.9 Å².